The smallest absolute Gasteiger partial charge is 0.308 e. The van der Waals surface area contributed by atoms with Gasteiger partial charge >= 0.3 is 5.97 Å². The Hall–Kier alpha value is -2.05. The number of carbonyl (C=O) groups excluding carboxylic acids is 1. The van der Waals surface area contributed by atoms with Gasteiger partial charge in [0, 0.05) is 34.3 Å². The number of carboxylic acid groups (broad SMARTS) is 1. The minimum Gasteiger partial charge on any atom is -0.481 e. The third kappa shape index (κ3) is 3.44. The fourth-order valence-corrected chi connectivity index (χ4v) is 4.85. The lowest BCUT2D eigenvalue weighted by molar-refractivity contribution is -0.136. The SMILES string of the molecule is O=C(O)Cc1cc2c(s1)CCN([C@H](C(=O)C1CC1)c1ccccc1F)C2. The number of carbonyl (C=O) groups is 2. The van der Waals surface area contributed by atoms with Gasteiger partial charge in [-0.1, -0.05) is 18.2 Å². The van der Waals surface area contributed by atoms with Crippen LogP contribution in [-0.4, -0.2) is 28.3 Å². The van der Waals surface area contributed by atoms with Gasteiger partial charge in [0.1, 0.15) is 5.82 Å². The molecule has 1 aromatic carbocycles. The van der Waals surface area contributed by atoms with Crippen LogP contribution in [0.15, 0.2) is 30.3 Å². The second-order valence-electron chi connectivity index (χ2n) is 7.05. The lowest BCUT2D eigenvalue weighted by Crippen LogP contribution is -2.38. The van der Waals surface area contributed by atoms with Crippen molar-refractivity contribution in [1.82, 2.24) is 4.90 Å². The van der Waals surface area contributed by atoms with Crippen LogP contribution >= 0.6 is 11.3 Å². The summed E-state index contributed by atoms with van der Waals surface area (Å²) in [4.78, 5) is 28.0. The summed E-state index contributed by atoms with van der Waals surface area (Å²) in [7, 11) is 0. The maximum Gasteiger partial charge on any atom is 0.308 e. The van der Waals surface area contributed by atoms with Gasteiger partial charge < -0.3 is 5.11 Å². The average Bonchev–Trinajstić information content (AvgIpc) is 3.37. The molecule has 1 aromatic heterocycles. The fraction of sp³-hybridized carbons (Fsp3) is 0.400. The summed E-state index contributed by atoms with van der Waals surface area (Å²) in [6.07, 6.45) is 2.58. The number of carboxylic acids is 1. The van der Waals surface area contributed by atoms with Crippen LogP contribution in [0.4, 0.5) is 4.39 Å². The predicted octanol–water partition coefficient (Wildman–Crippen LogP) is 3.59. The van der Waals surface area contributed by atoms with Gasteiger partial charge in [0.2, 0.25) is 0 Å². The summed E-state index contributed by atoms with van der Waals surface area (Å²) < 4.78 is 14.4. The number of ketones is 1. The highest BCUT2D eigenvalue weighted by Crippen LogP contribution is 2.40. The number of rotatable bonds is 6. The monoisotopic (exact) mass is 373 g/mol. The molecule has 6 heteroatoms. The summed E-state index contributed by atoms with van der Waals surface area (Å²) in [5, 5.41) is 9.00. The maximum absolute atomic E-state index is 14.4. The van der Waals surface area contributed by atoms with Crippen molar-refractivity contribution in [2.45, 2.75) is 38.3 Å². The molecule has 26 heavy (non-hydrogen) atoms. The van der Waals surface area contributed by atoms with Gasteiger partial charge in [-0.05, 0) is 37.0 Å². The minimum absolute atomic E-state index is 0.0232. The van der Waals surface area contributed by atoms with Crippen molar-refractivity contribution >= 4 is 23.1 Å². The molecule has 1 N–H and O–H groups in total. The second-order valence-corrected chi connectivity index (χ2v) is 8.27. The van der Waals surface area contributed by atoms with Gasteiger partial charge in [-0.3, -0.25) is 14.5 Å². The molecule has 0 radical (unpaired) electrons. The van der Waals surface area contributed by atoms with E-state index in [9.17, 15) is 14.0 Å². The zero-order chi connectivity index (χ0) is 18.3. The first kappa shape index (κ1) is 17.4. The van der Waals surface area contributed by atoms with E-state index in [-0.39, 0.29) is 23.9 Å². The molecule has 0 spiro atoms. The van der Waals surface area contributed by atoms with Crippen LogP contribution in [0.25, 0.3) is 0 Å². The molecule has 0 saturated heterocycles. The number of fused-ring (bicyclic) bond motifs is 1. The highest BCUT2D eigenvalue weighted by Gasteiger charge is 2.40. The number of hydrogen-bond acceptors (Lipinski definition) is 4. The third-order valence-corrected chi connectivity index (χ3v) is 6.32. The Kier molecular flexibility index (Phi) is 4.63. The van der Waals surface area contributed by atoms with Crippen molar-refractivity contribution in [3.05, 3.63) is 57.0 Å². The normalized spacial score (nSPS) is 18.3. The average molecular weight is 373 g/mol. The highest BCUT2D eigenvalue weighted by atomic mass is 32.1. The van der Waals surface area contributed by atoms with E-state index in [1.807, 2.05) is 6.07 Å². The number of hydrogen-bond donors (Lipinski definition) is 1. The van der Waals surface area contributed by atoms with E-state index in [1.165, 1.54) is 22.3 Å². The van der Waals surface area contributed by atoms with Gasteiger partial charge in [0.05, 0.1) is 12.5 Å². The molecule has 4 rings (SSSR count). The van der Waals surface area contributed by atoms with Gasteiger partial charge in [-0.25, -0.2) is 4.39 Å². The van der Waals surface area contributed by atoms with E-state index < -0.39 is 12.0 Å². The molecule has 1 aliphatic heterocycles. The Bertz CT molecular complexity index is 858. The van der Waals surface area contributed by atoms with Gasteiger partial charge in [-0.15, -0.1) is 11.3 Å². The number of halogens is 1. The molecule has 0 bridgehead atoms. The molecule has 1 saturated carbocycles. The predicted molar refractivity (Wildman–Crippen MR) is 96.6 cm³/mol. The fourth-order valence-electron chi connectivity index (χ4n) is 3.69. The Morgan fingerprint density at radius 1 is 1.31 bits per heavy atom. The standard InChI is InChI=1S/C20H20FNO3S/c21-16-4-2-1-3-15(16)19(20(25)12-5-6-12)22-8-7-17-13(11-22)9-14(26-17)10-18(23)24/h1-4,9,12,19H,5-8,10-11H2,(H,23,24)/t19-/m0/s1. The molecule has 1 aliphatic carbocycles. The van der Waals surface area contributed by atoms with Crippen molar-refractivity contribution in [3.8, 4) is 0 Å². The van der Waals surface area contributed by atoms with Crippen LogP contribution in [0.5, 0.6) is 0 Å². The number of aliphatic carboxylic acids is 1. The van der Waals surface area contributed by atoms with Crippen LogP contribution in [-0.2, 0) is 29.0 Å². The molecule has 1 atom stereocenters. The Morgan fingerprint density at radius 2 is 2.08 bits per heavy atom. The lowest BCUT2D eigenvalue weighted by atomic mass is 9.95. The zero-order valence-corrected chi connectivity index (χ0v) is 15.1. The van der Waals surface area contributed by atoms with Crippen molar-refractivity contribution in [2.75, 3.05) is 6.54 Å². The van der Waals surface area contributed by atoms with Crippen LogP contribution in [0.3, 0.4) is 0 Å². The van der Waals surface area contributed by atoms with Crippen LogP contribution in [0.2, 0.25) is 0 Å². The zero-order valence-electron chi connectivity index (χ0n) is 14.3. The molecular weight excluding hydrogens is 353 g/mol. The number of benzene rings is 1. The van der Waals surface area contributed by atoms with Crippen molar-refractivity contribution in [3.63, 3.8) is 0 Å². The summed E-state index contributed by atoms with van der Waals surface area (Å²) in [6, 6.07) is 7.91. The van der Waals surface area contributed by atoms with Crippen molar-refractivity contribution in [1.29, 1.82) is 0 Å². The molecule has 1 fully saturated rings. The van der Waals surface area contributed by atoms with Crippen LogP contribution < -0.4 is 0 Å². The van der Waals surface area contributed by atoms with Gasteiger partial charge in [-0.2, -0.15) is 0 Å². The van der Waals surface area contributed by atoms with E-state index >= 15 is 0 Å². The Morgan fingerprint density at radius 3 is 2.77 bits per heavy atom. The minimum atomic E-state index is -0.839. The van der Waals surface area contributed by atoms with Gasteiger partial charge in [0.15, 0.2) is 5.78 Å². The summed E-state index contributed by atoms with van der Waals surface area (Å²) in [5.41, 5.74) is 1.52. The summed E-state index contributed by atoms with van der Waals surface area (Å²) in [6.45, 7) is 1.24. The van der Waals surface area contributed by atoms with Crippen molar-refractivity contribution in [2.24, 2.45) is 5.92 Å². The van der Waals surface area contributed by atoms with Crippen LogP contribution in [0, 0.1) is 11.7 Å². The molecule has 4 nitrogen and oxygen atoms in total. The third-order valence-electron chi connectivity index (χ3n) is 5.09. The Balaban J connectivity index is 1.63. The highest BCUT2D eigenvalue weighted by molar-refractivity contribution is 7.12. The van der Waals surface area contributed by atoms with Crippen LogP contribution in [0.1, 0.15) is 39.8 Å². The quantitative estimate of drug-likeness (QED) is 0.841. The Labute approximate surface area is 155 Å². The summed E-state index contributed by atoms with van der Waals surface area (Å²) in [5.74, 6) is -1.02. The maximum atomic E-state index is 14.4. The van der Waals surface area contributed by atoms with Gasteiger partial charge in [0.25, 0.3) is 0 Å². The first-order valence-corrected chi connectivity index (χ1v) is 9.69. The van der Waals surface area contributed by atoms with E-state index in [2.05, 4.69) is 4.90 Å². The first-order chi connectivity index (χ1) is 12.5. The number of Topliss-reactive ketones (excluding diaryl/α,β-unsaturated/α-hetero) is 1. The first-order valence-electron chi connectivity index (χ1n) is 8.87. The van der Waals surface area contributed by atoms with E-state index in [1.54, 1.807) is 18.2 Å². The second kappa shape index (κ2) is 6.93. The van der Waals surface area contributed by atoms with E-state index in [0.29, 0.717) is 18.7 Å². The lowest BCUT2D eigenvalue weighted by Gasteiger charge is -2.34. The molecule has 2 aliphatic rings. The largest absolute Gasteiger partial charge is 0.481 e. The molecule has 0 unspecified atom stereocenters. The topological polar surface area (TPSA) is 57.6 Å². The van der Waals surface area contributed by atoms with E-state index in [0.717, 1.165) is 29.7 Å². The van der Waals surface area contributed by atoms with Crippen molar-refractivity contribution < 1.29 is 19.1 Å². The molecule has 0 amide bonds. The molecule has 136 valence electrons. The number of thiophene rings is 1. The molecule has 2 aromatic rings. The molecular formula is C20H20FNO3S. The van der Waals surface area contributed by atoms with E-state index in [4.69, 9.17) is 5.11 Å². The summed E-state index contributed by atoms with van der Waals surface area (Å²) >= 11 is 1.54. The molecule has 2 heterocycles. The number of nitrogens with zero attached hydrogens (tertiary/aromatic N) is 1.